The third-order valence-electron chi connectivity index (χ3n) is 10.1. The van der Waals surface area contributed by atoms with Crippen molar-refractivity contribution in [3.63, 3.8) is 0 Å². The summed E-state index contributed by atoms with van der Waals surface area (Å²) >= 11 is 6.59. The quantitative estimate of drug-likeness (QED) is 0.0939. The summed E-state index contributed by atoms with van der Waals surface area (Å²) in [5.74, 6) is -3.36. The van der Waals surface area contributed by atoms with Crippen LogP contribution in [0.15, 0.2) is 42.5 Å². The Morgan fingerprint density at radius 2 is 1.60 bits per heavy atom. The Kier molecular flexibility index (Phi) is 15.8. The molecule has 3 heterocycles. The van der Waals surface area contributed by atoms with Crippen LogP contribution in [0.1, 0.15) is 74.1 Å². The summed E-state index contributed by atoms with van der Waals surface area (Å²) in [5.41, 5.74) is 0.539. The Balaban J connectivity index is 0.00000414. The first-order chi connectivity index (χ1) is 31.1. The lowest BCUT2D eigenvalue weighted by Gasteiger charge is -2.23. The first-order valence-electron chi connectivity index (χ1n) is 19.9. The van der Waals surface area contributed by atoms with Gasteiger partial charge in [-0.15, -0.1) is 0 Å². The lowest BCUT2D eigenvalue weighted by atomic mass is 9.93. The van der Waals surface area contributed by atoms with Crippen LogP contribution in [0.3, 0.4) is 0 Å². The molecule has 0 saturated carbocycles. The summed E-state index contributed by atoms with van der Waals surface area (Å²) in [6.45, 7) is 3.24. The monoisotopic (exact) mass is 1010 g/mol. The zero-order chi connectivity index (χ0) is 50.1. The highest BCUT2D eigenvalue weighted by atomic mass is 35.5. The van der Waals surface area contributed by atoms with Crippen molar-refractivity contribution < 1.29 is 61.9 Å². The van der Waals surface area contributed by atoms with E-state index in [1.54, 1.807) is 13.8 Å². The Labute approximate surface area is 386 Å². The fraction of sp³-hybridized carbons (Fsp3) is 0.405. The Morgan fingerprint density at radius 3 is 2.16 bits per heavy atom. The van der Waals surface area contributed by atoms with Crippen molar-refractivity contribution in [1.82, 2.24) is 29.9 Å². The highest BCUT2D eigenvalue weighted by Crippen LogP contribution is 2.47. The van der Waals surface area contributed by atoms with E-state index in [1.807, 2.05) is 13.8 Å². The van der Waals surface area contributed by atoms with Gasteiger partial charge >= 0.3 is 12.4 Å². The SMILES string of the molecule is CC.CS(=O)N(C(=O)CN)c1nn(CC(F)(F)F)c2c(-c3ccc(C#CC(C)(C)S(C)=O)nc3C(Cc3cc(F)cc(F)c3)NC(=O)Cn3nc(C(F)(F)F)c4c3C(F)(F)CC4)ccc(Cl)c12. The summed E-state index contributed by atoms with van der Waals surface area (Å²) in [4.78, 5) is 31.6. The second-order valence-electron chi connectivity index (χ2n) is 15.2. The predicted molar refractivity (Wildman–Crippen MR) is 231 cm³/mol. The molecule has 0 aliphatic heterocycles. The van der Waals surface area contributed by atoms with Crippen molar-refractivity contribution in [3.8, 4) is 23.0 Å². The van der Waals surface area contributed by atoms with Crippen LogP contribution < -0.4 is 15.4 Å². The van der Waals surface area contributed by atoms with Gasteiger partial charge < -0.3 is 11.1 Å². The molecule has 0 radical (unpaired) electrons. The molecule has 1 aliphatic carbocycles. The number of benzene rings is 2. The van der Waals surface area contributed by atoms with E-state index >= 15 is 8.78 Å². The lowest BCUT2D eigenvalue weighted by molar-refractivity contribution is -0.143. The average molecular weight is 1010 g/mol. The largest absolute Gasteiger partial charge is 0.435 e. The predicted octanol–water partition coefficient (Wildman–Crippen LogP) is 8.07. The molecular formula is C42H41ClF10N8O4S2. The highest BCUT2D eigenvalue weighted by molar-refractivity contribution is 7.86. The number of halogens is 11. The van der Waals surface area contributed by atoms with Gasteiger partial charge in [0.1, 0.15) is 51.8 Å². The fourth-order valence-corrected chi connectivity index (χ4v) is 8.30. The van der Waals surface area contributed by atoms with E-state index in [-0.39, 0.29) is 43.2 Å². The number of alkyl halides is 8. The van der Waals surface area contributed by atoms with E-state index in [0.29, 0.717) is 15.1 Å². The Bertz CT molecular complexity index is 2820. The number of nitrogens with two attached hydrogens (primary N) is 1. The van der Waals surface area contributed by atoms with Gasteiger partial charge in [-0.1, -0.05) is 37.4 Å². The topological polar surface area (TPSA) is 158 Å². The normalized spacial score (nSPS) is 14.9. The van der Waals surface area contributed by atoms with Gasteiger partial charge in [-0.2, -0.15) is 45.3 Å². The summed E-state index contributed by atoms with van der Waals surface area (Å²) in [7, 11) is -3.82. The van der Waals surface area contributed by atoms with E-state index in [9.17, 15) is 53.1 Å². The molecule has 3 aromatic heterocycles. The number of carbonyl (C=O) groups is 2. The first kappa shape index (κ1) is 52.6. The number of fused-ring (bicyclic) bond motifs is 2. The van der Waals surface area contributed by atoms with Gasteiger partial charge in [0.05, 0.1) is 34.2 Å². The molecule has 3 N–H and O–H groups in total. The smallest absolute Gasteiger partial charge is 0.346 e. The van der Waals surface area contributed by atoms with Crippen LogP contribution in [-0.4, -0.2) is 74.8 Å². The van der Waals surface area contributed by atoms with E-state index < -0.39 is 141 Å². The number of rotatable bonds is 12. The summed E-state index contributed by atoms with van der Waals surface area (Å²) in [5, 5.41) is 9.17. The second kappa shape index (κ2) is 20.1. The molecule has 6 rings (SSSR count). The van der Waals surface area contributed by atoms with Crippen LogP contribution in [0.25, 0.3) is 22.0 Å². The number of aromatic nitrogens is 5. The summed E-state index contributed by atoms with van der Waals surface area (Å²) < 4.78 is 170. The van der Waals surface area contributed by atoms with E-state index in [4.69, 9.17) is 17.3 Å². The molecule has 1 aliphatic rings. The zero-order valence-corrected chi connectivity index (χ0v) is 38.6. The van der Waals surface area contributed by atoms with E-state index in [0.717, 1.165) is 18.4 Å². The number of carbonyl (C=O) groups excluding carboxylic acids is 2. The molecule has 12 nitrogen and oxygen atoms in total. The van der Waals surface area contributed by atoms with Crippen molar-refractivity contribution in [2.24, 2.45) is 5.73 Å². The molecule has 2 amide bonds. The van der Waals surface area contributed by atoms with E-state index in [1.165, 1.54) is 30.5 Å². The van der Waals surface area contributed by atoms with Crippen LogP contribution >= 0.6 is 11.6 Å². The van der Waals surface area contributed by atoms with Gasteiger partial charge in [0.2, 0.25) is 5.91 Å². The molecule has 0 bridgehead atoms. The van der Waals surface area contributed by atoms with Crippen LogP contribution in [-0.2, 0) is 69.4 Å². The third-order valence-corrected chi connectivity index (χ3v) is 12.8. The van der Waals surface area contributed by atoms with Crippen LogP contribution in [0.4, 0.5) is 49.7 Å². The number of hydrogen-bond donors (Lipinski definition) is 2. The number of anilines is 1. The molecule has 362 valence electrons. The van der Waals surface area contributed by atoms with Crippen molar-refractivity contribution in [1.29, 1.82) is 0 Å². The number of nitrogens with one attached hydrogen (secondary N) is 1. The number of nitrogens with zero attached hydrogens (tertiary/aromatic N) is 6. The molecule has 25 heteroatoms. The lowest BCUT2D eigenvalue weighted by Crippen LogP contribution is -2.37. The molecule has 3 unspecified atom stereocenters. The maximum absolute atomic E-state index is 15.1. The minimum absolute atomic E-state index is 0.123. The van der Waals surface area contributed by atoms with Crippen molar-refractivity contribution in [3.05, 3.63) is 93.0 Å². The van der Waals surface area contributed by atoms with E-state index in [2.05, 4.69) is 32.3 Å². The Hall–Kier alpha value is -5.38. The van der Waals surface area contributed by atoms with Crippen LogP contribution in [0, 0.1) is 23.5 Å². The first-order valence-corrected chi connectivity index (χ1v) is 23.4. The molecule has 0 fully saturated rings. The average Bonchev–Trinajstić information content (AvgIpc) is 3.88. The second-order valence-corrected chi connectivity index (χ2v) is 18.8. The molecule has 0 spiro atoms. The minimum atomic E-state index is -5.18. The number of amides is 2. The molecule has 3 atom stereocenters. The minimum Gasteiger partial charge on any atom is -0.346 e. The highest BCUT2D eigenvalue weighted by Gasteiger charge is 2.50. The van der Waals surface area contributed by atoms with Gasteiger partial charge in [-0.05, 0) is 68.5 Å². The van der Waals surface area contributed by atoms with Crippen molar-refractivity contribution in [2.45, 2.75) is 89.1 Å². The summed E-state index contributed by atoms with van der Waals surface area (Å²) in [6.07, 6.45) is -10.1. The molecule has 2 aromatic carbocycles. The van der Waals surface area contributed by atoms with Gasteiger partial charge in [0.25, 0.3) is 11.8 Å². The van der Waals surface area contributed by atoms with Gasteiger partial charge in [-0.25, -0.2) is 22.3 Å². The van der Waals surface area contributed by atoms with Crippen molar-refractivity contribution in [2.75, 3.05) is 23.4 Å². The zero-order valence-electron chi connectivity index (χ0n) is 36.2. The van der Waals surface area contributed by atoms with Gasteiger partial charge in [0.15, 0.2) is 11.5 Å². The molecule has 67 heavy (non-hydrogen) atoms. The van der Waals surface area contributed by atoms with Crippen LogP contribution in [0.2, 0.25) is 5.02 Å². The van der Waals surface area contributed by atoms with Gasteiger partial charge in [0, 0.05) is 52.5 Å². The number of hydrogen-bond acceptors (Lipinski definition) is 8. The van der Waals surface area contributed by atoms with Crippen molar-refractivity contribution >= 4 is 61.9 Å². The summed E-state index contributed by atoms with van der Waals surface area (Å²) in [6, 6.07) is 5.55. The number of pyridine rings is 1. The maximum atomic E-state index is 15.1. The molecule has 5 aromatic rings. The van der Waals surface area contributed by atoms with Crippen LogP contribution in [0.5, 0.6) is 0 Å². The molecular weight excluding hydrogens is 970 g/mol. The van der Waals surface area contributed by atoms with Gasteiger partial charge in [-0.3, -0.25) is 23.2 Å². The fourth-order valence-electron chi connectivity index (χ4n) is 7.14. The molecule has 0 saturated heterocycles. The Morgan fingerprint density at radius 1 is 0.970 bits per heavy atom. The third kappa shape index (κ3) is 11.7. The maximum Gasteiger partial charge on any atom is 0.435 e. The standard InChI is InChI=1S/C40H35ClF10N8O4S2.C2H6/c1-37(2,64(3)62)11-9-23-5-6-24(25-7-8-27(41)31-33(25)58(19-39(46,47)48)56-36(31)59(65(4)63)30(61)17-52)32(53-23)28(15-20-13-21(42)16-22(43)14-20)54-29(60)18-57-35-26(10-12-38(35,44)45)34(55-57)40(49,50)51;1-2/h5-8,13-14,16,28H,10,12,15,17-19,52H2,1-4H3,(H,54,60);1-2H3.